The van der Waals surface area contributed by atoms with E-state index in [0.29, 0.717) is 17.8 Å². The molecule has 0 atom stereocenters. The van der Waals surface area contributed by atoms with Crippen LogP contribution < -0.4 is 0 Å². The molecule has 0 saturated carbocycles. The van der Waals surface area contributed by atoms with Crippen molar-refractivity contribution in [1.82, 2.24) is 14.0 Å². The molecule has 6 heteroatoms. The summed E-state index contributed by atoms with van der Waals surface area (Å²) in [6.45, 7) is 0.687. The fourth-order valence-electron chi connectivity index (χ4n) is 4.48. The zero-order valence-corrected chi connectivity index (χ0v) is 17.4. The third-order valence-electron chi connectivity index (χ3n) is 6.05. The van der Waals surface area contributed by atoms with Crippen LogP contribution >= 0.6 is 0 Å². The van der Waals surface area contributed by atoms with Gasteiger partial charge in [-0.05, 0) is 29.8 Å². The average molecular weight is 441 g/mol. The Labute approximate surface area is 187 Å². The summed E-state index contributed by atoms with van der Waals surface area (Å²) in [7, 11) is 0. The molecule has 6 rings (SSSR count). The number of alkyl halides is 3. The van der Waals surface area contributed by atoms with Crippen molar-refractivity contribution in [2.75, 3.05) is 0 Å². The molecule has 0 unspecified atom stereocenters. The van der Waals surface area contributed by atoms with Gasteiger partial charge in [-0.25, -0.2) is 4.98 Å². The van der Waals surface area contributed by atoms with Gasteiger partial charge in [0.1, 0.15) is 0 Å². The molecule has 0 fully saturated rings. The molecule has 0 aliphatic rings. The summed E-state index contributed by atoms with van der Waals surface area (Å²) in [5.74, 6) is 0. The van der Waals surface area contributed by atoms with Gasteiger partial charge in [-0.2, -0.15) is 13.2 Å². The highest BCUT2D eigenvalue weighted by atomic mass is 19.4. The van der Waals surface area contributed by atoms with E-state index in [2.05, 4.69) is 34.9 Å². The van der Waals surface area contributed by atoms with Gasteiger partial charge in [0, 0.05) is 40.8 Å². The van der Waals surface area contributed by atoms with Crippen molar-refractivity contribution in [2.45, 2.75) is 12.7 Å². The number of pyridine rings is 1. The van der Waals surface area contributed by atoms with Crippen LogP contribution in [0.1, 0.15) is 11.1 Å². The average Bonchev–Trinajstić information content (AvgIpc) is 3.39. The lowest BCUT2D eigenvalue weighted by molar-refractivity contribution is -0.137. The standard InChI is InChI=1S/C27H18F3N3/c28-27(29,30)20-12-10-19(11-13-20)23-17-32-15-14-22-21-8-4-5-9-24(21)33(25(22)26(32)31-23)16-18-6-2-1-3-7-18/h1-15,17H,16H2. The number of hydrogen-bond donors (Lipinski definition) is 0. The van der Waals surface area contributed by atoms with E-state index in [1.807, 2.05) is 47.1 Å². The molecule has 0 N–H and O–H groups in total. The molecule has 3 nitrogen and oxygen atoms in total. The first-order valence-electron chi connectivity index (χ1n) is 10.6. The molecule has 0 bridgehead atoms. The maximum Gasteiger partial charge on any atom is 0.416 e. The molecule has 0 aliphatic carbocycles. The fraction of sp³-hybridized carbons (Fsp3) is 0.0741. The van der Waals surface area contributed by atoms with Gasteiger partial charge in [-0.3, -0.25) is 0 Å². The zero-order valence-electron chi connectivity index (χ0n) is 17.4. The van der Waals surface area contributed by atoms with E-state index < -0.39 is 11.7 Å². The van der Waals surface area contributed by atoms with Gasteiger partial charge < -0.3 is 8.97 Å². The Bertz CT molecular complexity index is 1610. The molecule has 3 aromatic carbocycles. The summed E-state index contributed by atoms with van der Waals surface area (Å²) in [5.41, 5.74) is 4.68. The van der Waals surface area contributed by atoms with Crippen LogP contribution in [0.2, 0.25) is 0 Å². The van der Waals surface area contributed by atoms with Crippen molar-refractivity contribution in [1.29, 1.82) is 0 Å². The largest absolute Gasteiger partial charge is 0.416 e. The Kier molecular flexibility index (Phi) is 4.30. The summed E-state index contributed by atoms with van der Waals surface area (Å²) in [6, 6.07) is 25.7. The monoisotopic (exact) mass is 441 g/mol. The smallest absolute Gasteiger partial charge is 0.333 e. The van der Waals surface area contributed by atoms with Gasteiger partial charge in [0.25, 0.3) is 0 Å². The number of para-hydroxylation sites is 1. The Morgan fingerprint density at radius 3 is 2.24 bits per heavy atom. The lowest BCUT2D eigenvalue weighted by Crippen LogP contribution is -2.03. The molecule has 33 heavy (non-hydrogen) atoms. The Hall–Kier alpha value is -4.06. The highest BCUT2D eigenvalue weighted by Crippen LogP contribution is 2.34. The predicted octanol–water partition coefficient (Wildman–Crippen LogP) is 7.18. The van der Waals surface area contributed by atoms with Crippen LogP contribution in [-0.2, 0) is 12.7 Å². The number of nitrogens with zero attached hydrogens (tertiary/aromatic N) is 3. The maximum absolute atomic E-state index is 13.0. The number of imidazole rings is 1. The van der Waals surface area contributed by atoms with Crippen molar-refractivity contribution >= 4 is 27.5 Å². The Morgan fingerprint density at radius 1 is 0.758 bits per heavy atom. The summed E-state index contributed by atoms with van der Waals surface area (Å²) >= 11 is 0. The number of rotatable bonds is 3. The molecule has 6 aromatic rings. The first-order chi connectivity index (χ1) is 16.0. The molecule has 0 saturated heterocycles. The number of halogens is 3. The second-order valence-electron chi connectivity index (χ2n) is 8.10. The zero-order chi connectivity index (χ0) is 22.6. The Balaban J connectivity index is 1.57. The van der Waals surface area contributed by atoms with Gasteiger partial charge in [0.15, 0.2) is 5.65 Å². The minimum absolute atomic E-state index is 0.632. The molecule has 162 valence electrons. The maximum atomic E-state index is 13.0. The normalized spacial score (nSPS) is 12.2. The lowest BCUT2D eigenvalue weighted by Gasteiger charge is -2.08. The van der Waals surface area contributed by atoms with Crippen molar-refractivity contribution in [3.05, 3.63) is 108 Å². The van der Waals surface area contributed by atoms with Crippen molar-refractivity contribution in [3.63, 3.8) is 0 Å². The van der Waals surface area contributed by atoms with Crippen LogP contribution in [0.3, 0.4) is 0 Å². The van der Waals surface area contributed by atoms with Crippen molar-refractivity contribution in [2.24, 2.45) is 0 Å². The summed E-state index contributed by atoms with van der Waals surface area (Å²) in [5, 5.41) is 2.24. The second-order valence-corrected chi connectivity index (χ2v) is 8.10. The molecular weight excluding hydrogens is 423 g/mol. The third-order valence-corrected chi connectivity index (χ3v) is 6.05. The quantitative estimate of drug-likeness (QED) is 0.285. The van der Waals surface area contributed by atoms with Gasteiger partial charge in [0.05, 0.1) is 16.8 Å². The van der Waals surface area contributed by atoms with E-state index >= 15 is 0 Å². The van der Waals surface area contributed by atoms with Crippen LogP contribution in [-0.4, -0.2) is 14.0 Å². The molecule has 3 heterocycles. The Morgan fingerprint density at radius 2 is 1.48 bits per heavy atom. The first kappa shape index (κ1) is 19.6. The number of benzene rings is 3. The van der Waals surface area contributed by atoms with Gasteiger partial charge in [-0.1, -0.05) is 60.7 Å². The summed E-state index contributed by atoms with van der Waals surface area (Å²) in [4.78, 5) is 4.86. The van der Waals surface area contributed by atoms with E-state index in [1.54, 1.807) is 0 Å². The molecule has 3 aromatic heterocycles. The van der Waals surface area contributed by atoms with E-state index in [0.717, 1.165) is 39.6 Å². The highest BCUT2D eigenvalue weighted by Gasteiger charge is 2.30. The predicted molar refractivity (Wildman–Crippen MR) is 124 cm³/mol. The van der Waals surface area contributed by atoms with Gasteiger partial charge in [0.2, 0.25) is 0 Å². The molecule has 0 radical (unpaired) electrons. The van der Waals surface area contributed by atoms with Gasteiger partial charge in [-0.15, -0.1) is 0 Å². The van der Waals surface area contributed by atoms with Gasteiger partial charge >= 0.3 is 6.18 Å². The fourth-order valence-corrected chi connectivity index (χ4v) is 4.48. The minimum Gasteiger partial charge on any atom is -0.333 e. The van der Waals surface area contributed by atoms with E-state index in [9.17, 15) is 13.2 Å². The topological polar surface area (TPSA) is 22.2 Å². The van der Waals surface area contributed by atoms with Crippen LogP contribution in [0.15, 0.2) is 97.3 Å². The SMILES string of the molecule is FC(F)(F)c1ccc(-c2cn3ccc4c5ccccc5n(Cc5ccccc5)c4c3n2)cc1. The molecule has 0 amide bonds. The van der Waals surface area contributed by atoms with Crippen molar-refractivity contribution < 1.29 is 13.2 Å². The summed E-state index contributed by atoms with van der Waals surface area (Å²) < 4.78 is 43.1. The highest BCUT2D eigenvalue weighted by molar-refractivity contribution is 6.12. The molecule has 0 spiro atoms. The van der Waals surface area contributed by atoms with E-state index in [-0.39, 0.29) is 0 Å². The number of hydrogen-bond acceptors (Lipinski definition) is 1. The first-order valence-corrected chi connectivity index (χ1v) is 10.6. The van der Waals surface area contributed by atoms with Crippen LogP contribution in [0.4, 0.5) is 13.2 Å². The summed E-state index contributed by atoms with van der Waals surface area (Å²) in [6.07, 6.45) is -0.540. The van der Waals surface area contributed by atoms with Crippen molar-refractivity contribution in [3.8, 4) is 11.3 Å². The lowest BCUT2D eigenvalue weighted by atomic mass is 10.1. The second kappa shape index (κ2) is 7.24. The molecule has 0 aliphatic heterocycles. The van der Waals surface area contributed by atoms with Crippen LogP contribution in [0, 0.1) is 0 Å². The number of aromatic nitrogens is 3. The van der Waals surface area contributed by atoms with Crippen LogP contribution in [0.25, 0.3) is 38.7 Å². The number of fused-ring (bicyclic) bond motifs is 5. The van der Waals surface area contributed by atoms with Crippen LogP contribution in [0.5, 0.6) is 0 Å². The van der Waals surface area contributed by atoms with E-state index in [1.165, 1.54) is 17.7 Å². The molecular formula is C27H18F3N3. The van der Waals surface area contributed by atoms with E-state index in [4.69, 9.17) is 4.98 Å². The third kappa shape index (κ3) is 3.26. The minimum atomic E-state index is -4.36.